The number of hydrogen-bond acceptors (Lipinski definition) is 1. The zero-order valence-electron chi connectivity index (χ0n) is 9.27. The molecule has 12 heavy (non-hydrogen) atoms. The molecular formula is C10H22OSi. The molecule has 0 N–H and O–H groups in total. The third-order valence-corrected chi connectivity index (χ3v) is 3.64. The average molecular weight is 186 g/mol. The van der Waals surface area contributed by atoms with Crippen molar-refractivity contribution in [1.29, 1.82) is 0 Å². The molecule has 0 rings (SSSR count). The minimum atomic E-state index is 0.0537. The molecule has 2 heteroatoms. The Morgan fingerprint density at radius 1 is 1.50 bits per heavy atom. The van der Waals surface area contributed by atoms with Gasteiger partial charge in [0.25, 0.3) is 0 Å². The first-order chi connectivity index (χ1) is 5.40. The topological polar surface area (TPSA) is 9.23 Å². The van der Waals surface area contributed by atoms with Crippen LogP contribution in [0.15, 0.2) is 11.6 Å². The maximum absolute atomic E-state index is 5.54. The first-order valence-corrected chi connectivity index (χ1v) is 5.40. The summed E-state index contributed by atoms with van der Waals surface area (Å²) in [6.45, 7) is 10.9. The van der Waals surface area contributed by atoms with Crippen LogP contribution < -0.4 is 0 Å². The molecule has 0 spiro atoms. The van der Waals surface area contributed by atoms with Crippen molar-refractivity contribution in [2.75, 3.05) is 0 Å². The van der Waals surface area contributed by atoms with Crippen LogP contribution in [0.25, 0.3) is 0 Å². The summed E-state index contributed by atoms with van der Waals surface area (Å²) in [6, 6.07) is 0. The van der Waals surface area contributed by atoms with Gasteiger partial charge in [-0.3, -0.25) is 0 Å². The van der Waals surface area contributed by atoms with E-state index in [0.717, 1.165) is 16.9 Å². The molecule has 0 radical (unpaired) electrons. The van der Waals surface area contributed by atoms with Gasteiger partial charge < -0.3 is 4.43 Å². The molecule has 0 aliphatic rings. The number of rotatable bonds is 4. The van der Waals surface area contributed by atoms with Crippen molar-refractivity contribution in [1.82, 2.24) is 0 Å². The van der Waals surface area contributed by atoms with E-state index in [2.05, 4.69) is 40.7 Å². The van der Waals surface area contributed by atoms with Gasteiger partial charge in [-0.1, -0.05) is 18.6 Å². The van der Waals surface area contributed by atoms with Gasteiger partial charge in [0.2, 0.25) is 0 Å². The minimum absolute atomic E-state index is 0.0537. The van der Waals surface area contributed by atoms with Gasteiger partial charge in [-0.2, -0.15) is 0 Å². The summed E-state index contributed by atoms with van der Waals surface area (Å²) in [5.74, 6) is 0.602. The third kappa shape index (κ3) is 4.07. The fourth-order valence-corrected chi connectivity index (χ4v) is 1.30. The lowest BCUT2D eigenvalue weighted by atomic mass is 9.89. The zero-order valence-corrected chi connectivity index (χ0v) is 11.3. The molecule has 72 valence electrons. The maximum Gasteiger partial charge on any atom is 0.146 e. The molecule has 1 nitrogen and oxygen atoms in total. The van der Waals surface area contributed by atoms with Crippen LogP contribution >= 0.6 is 0 Å². The Morgan fingerprint density at radius 3 is 2.33 bits per heavy atom. The minimum Gasteiger partial charge on any atom is -0.423 e. The molecule has 0 heterocycles. The summed E-state index contributed by atoms with van der Waals surface area (Å²) >= 11 is 0. The van der Waals surface area contributed by atoms with E-state index < -0.39 is 0 Å². The Hall–Kier alpha value is -0.0831. The molecule has 1 unspecified atom stereocenters. The molecule has 0 fully saturated rings. The van der Waals surface area contributed by atoms with Gasteiger partial charge in [0, 0.05) is 0 Å². The Balaban J connectivity index is 4.03. The van der Waals surface area contributed by atoms with Gasteiger partial charge >= 0.3 is 0 Å². The standard InChI is InChI=1S/C10H22OSi/c1-8(2)6-7-9(3)10(4,5)11-12/h6,9H,7H2,1-5,12H3. The van der Waals surface area contributed by atoms with E-state index in [0.29, 0.717) is 5.92 Å². The zero-order chi connectivity index (χ0) is 9.78. The Morgan fingerprint density at radius 2 is 2.00 bits per heavy atom. The first-order valence-electron chi connectivity index (χ1n) is 4.58. The monoisotopic (exact) mass is 186 g/mol. The molecule has 0 saturated carbocycles. The molecule has 0 bridgehead atoms. The van der Waals surface area contributed by atoms with Crippen LogP contribution in [0, 0.1) is 5.92 Å². The van der Waals surface area contributed by atoms with Gasteiger partial charge in [-0.15, -0.1) is 0 Å². The highest BCUT2D eigenvalue weighted by atomic mass is 28.2. The predicted octanol–water partition coefficient (Wildman–Crippen LogP) is 2.05. The van der Waals surface area contributed by atoms with Crippen molar-refractivity contribution in [3.63, 3.8) is 0 Å². The second-order valence-corrected chi connectivity index (χ2v) is 4.63. The van der Waals surface area contributed by atoms with Gasteiger partial charge in [-0.25, -0.2) is 0 Å². The molecule has 0 aromatic heterocycles. The summed E-state index contributed by atoms with van der Waals surface area (Å²) in [4.78, 5) is 0. The van der Waals surface area contributed by atoms with Crippen LogP contribution in [-0.4, -0.2) is 16.1 Å². The van der Waals surface area contributed by atoms with Crippen molar-refractivity contribution in [2.45, 2.75) is 46.6 Å². The van der Waals surface area contributed by atoms with E-state index in [9.17, 15) is 0 Å². The quantitative estimate of drug-likeness (QED) is 0.482. The number of hydrogen-bond donors (Lipinski definition) is 0. The lowest BCUT2D eigenvalue weighted by Gasteiger charge is -2.30. The van der Waals surface area contributed by atoms with Gasteiger partial charge in [-0.05, 0) is 40.0 Å². The Bertz CT molecular complexity index is 157. The van der Waals surface area contributed by atoms with Crippen LogP contribution in [0.1, 0.15) is 41.0 Å². The highest BCUT2D eigenvalue weighted by molar-refractivity contribution is 5.98. The highest BCUT2D eigenvalue weighted by Gasteiger charge is 2.23. The smallest absolute Gasteiger partial charge is 0.146 e. The van der Waals surface area contributed by atoms with Crippen molar-refractivity contribution in [3.8, 4) is 0 Å². The van der Waals surface area contributed by atoms with Gasteiger partial charge in [0.15, 0.2) is 0 Å². The van der Waals surface area contributed by atoms with Crippen LogP contribution in [0.4, 0.5) is 0 Å². The molecule has 0 saturated heterocycles. The van der Waals surface area contributed by atoms with E-state index in [4.69, 9.17) is 4.43 Å². The van der Waals surface area contributed by atoms with Crippen LogP contribution in [0.3, 0.4) is 0 Å². The van der Waals surface area contributed by atoms with Gasteiger partial charge in [0.05, 0.1) is 5.60 Å². The third-order valence-electron chi connectivity index (χ3n) is 2.59. The molecule has 0 amide bonds. The van der Waals surface area contributed by atoms with E-state index in [-0.39, 0.29) is 5.60 Å². The molecule has 1 atom stereocenters. The molecule has 0 aliphatic heterocycles. The largest absolute Gasteiger partial charge is 0.423 e. The molecule has 0 aliphatic carbocycles. The highest BCUT2D eigenvalue weighted by Crippen LogP contribution is 2.23. The van der Waals surface area contributed by atoms with Gasteiger partial charge in [0.1, 0.15) is 10.5 Å². The van der Waals surface area contributed by atoms with E-state index in [1.165, 1.54) is 5.57 Å². The summed E-state index contributed by atoms with van der Waals surface area (Å²) in [7, 11) is 0.828. The summed E-state index contributed by atoms with van der Waals surface area (Å²) in [5, 5.41) is 0. The van der Waals surface area contributed by atoms with Crippen LogP contribution in [0.5, 0.6) is 0 Å². The lowest BCUT2D eigenvalue weighted by Crippen LogP contribution is -2.31. The fraction of sp³-hybridized carbons (Fsp3) is 0.800. The fourth-order valence-electron chi connectivity index (χ4n) is 0.897. The normalized spacial score (nSPS) is 14.4. The second kappa shape index (κ2) is 4.82. The molecular weight excluding hydrogens is 164 g/mol. The van der Waals surface area contributed by atoms with E-state index in [1.54, 1.807) is 0 Å². The molecule has 0 aromatic rings. The maximum atomic E-state index is 5.54. The second-order valence-electron chi connectivity index (χ2n) is 4.23. The summed E-state index contributed by atoms with van der Waals surface area (Å²) in [6.07, 6.45) is 3.41. The van der Waals surface area contributed by atoms with Crippen molar-refractivity contribution in [2.24, 2.45) is 5.92 Å². The average Bonchev–Trinajstić information content (AvgIpc) is 2.00. The summed E-state index contributed by atoms with van der Waals surface area (Å²) < 4.78 is 5.54. The summed E-state index contributed by atoms with van der Waals surface area (Å²) in [5.41, 5.74) is 1.45. The Labute approximate surface area is 79.7 Å². The number of allylic oxidation sites excluding steroid dienone is 2. The SMILES string of the molecule is CC(C)=CCC(C)C(C)(C)O[SiH3]. The van der Waals surface area contributed by atoms with Crippen molar-refractivity contribution >= 4 is 10.5 Å². The van der Waals surface area contributed by atoms with E-state index >= 15 is 0 Å². The lowest BCUT2D eigenvalue weighted by molar-refractivity contribution is 0.0631. The first kappa shape index (κ1) is 11.9. The van der Waals surface area contributed by atoms with Crippen LogP contribution in [0.2, 0.25) is 0 Å². The van der Waals surface area contributed by atoms with E-state index in [1.807, 2.05) is 0 Å². The van der Waals surface area contributed by atoms with Crippen LogP contribution in [-0.2, 0) is 4.43 Å². The molecule has 0 aromatic carbocycles. The predicted molar refractivity (Wildman–Crippen MR) is 58.3 cm³/mol. The Kier molecular flexibility index (Phi) is 4.79. The van der Waals surface area contributed by atoms with Crippen molar-refractivity contribution in [3.05, 3.63) is 11.6 Å². The van der Waals surface area contributed by atoms with Crippen molar-refractivity contribution < 1.29 is 4.43 Å².